The number of rotatable bonds is 2. The second-order valence-electron chi connectivity index (χ2n) is 7.48. The maximum absolute atomic E-state index is 13.8. The molecular formula is C19H24FNO3. The summed E-state index contributed by atoms with van der Waals surface area (Å²) in [5, 5.41) is 0. The third kappa shape index (κ3) is 2.64. The molecule has 5 heteroatoms. The molecule has 1 aromatic carbocycles. The zero-order valence-corrected chi connectivity index (χ0v) is 13.9. The first-order chi connectivity index (χ1) is 11.6. The summed E-state index contributed by atoms with van der Waals surface area (Å²) in [6.45, 7) is 4.19. The molecule has 0 saturated carbocycles. The molecule has 4 nitrogen and oxygen atoms in total. The van der Waals surface area contributed by atoms with Crippen molar-refractivity contribution in [1.82, 2.24) is 4.90 Å². The van der Waals surface area contributed by atoms with E-state index in [-0.39, 0.29) is 17.1 Å². The van der Waals surface area contributed by atoms with Crippen molar-refractivity contribution in [1.29, 1.82) is 0 Å². The van der Waals surface area contributed by atoms with Gasteiger partial charge in [0.2, 0.25) is 5.91 Å². The number of likely N-dealkylation sites (tertiary alicyclic amines) is 1. The minimum atomic E-state index is -0.647. The molecule has 130 valence electrons. The van der Waals surface area contributed by atoms with E-state index in [1.54, 1.807) is 6.07 Å². The Kier molecular flexibility index (Phi) is 4.09. The van der Waals surface area contributed by atoms with Gasteiger partial charge in [0, 0.05) is 38.3 Å². The molecule has 0 bridgehead atoms. The number of ether oxygens (including phenoxy) is 2. The average molecular weight is 333 g/mol. The Balaban J connectivity index is 1.63. The Morgan fingerprint density at radius 2 is 1.88 bits per heavy atom. The molecule has 24 heavy (non-hydrogen) atoms. The number of carbonyl (C=O) groups excluding carboxylic acids is 1. The fraction of sp³-hybridized carbons (Fsp3) is 0.632. The van der Waals surface area contributed by atoms with Crippen LogP contribution < -0.4 is 0 Å². The fourth-order valence-corrected chi connectivity index (χ4v) is 4.51. The number of amides is 1. The highest BCUT2D eigenvalue weighted by atomic mass is 19.1. The van der Waals surface area contributed by atoms with Crippen LogP contribution in [0.4, 0.5) is 4.39 Å². The van der Waals surface area contributed by atoms with Crippen molar-refractivity contribution in [3.8, 4) is 0 Å². The second-order valence-corrected chi connectivity index (χ2v) is 7.48. The van der Waals surface area contributed by atoms with Gasteiger partial charge in [-0.2, -0.15) is 0 Å². The Morgan fingerprint density at radius 3 is 2.58 bits per heavy atom. The van der Waals surface area contributed by atoms with Crippen LogP contribution in [0, 0.1) is 11.2 Å². The van der Waals surface area contributed by atoms with Crippen molar-refractivity contribution in [2.45, 2.75) is 31.1 Å². The van der Waals surface area contributed by atoms with Gasteiger partial charge in [-0.15, -0.1) is 0 Å². The summed E-state index contributed by atoms with van der Waals surface area (Å²) in [5.74, 6) is -0.145. The lowest BCUT2D eigenvalue weighted by Gasteiger charge is -2.39. The van der Waals surface area contributed by atoms with E-state index in [1.165, 1.54) is 12.1 Å². The van der Waals surface area contributed by atoms with E-state index in [2.05, 4.69) is 0 Å². The van der Waals surface area contributed by atoms with Crippen LogP contribution >= 0.6 is 0 Å². The Labute approximate surface area is 141 Å². The lowest BCUT2D eigenvalue weighted by atomic mass is 9.73. The number of benzene rings is 1. The summed E-state index contributed by atoms with van der Waals surface area (Å²) in [6, 6.07) is 6.54. The maximum atomic E-state index is 13.8. The summed E-state index contributed by atoms with van der Waals surface area (Å²) >= 11 is 0. The van der Waals surface area contributed by atoms with Crippen molar-refractivity contribution >= 4 is 5.91 Å². The first kappa shape index (κ1) is 16.0. The van der Waals surface area contributed by atoms with Crippen molar-refractivity contribution in [3.63, 3.8) is 0 Å². The quantitative estimate of drug-likeness (QED) is 0.835. The second kappa shape index (κ2) is 6.12. The van der Waals surface area contributed by atoms with Crippen molar-refractivity contribution in [2.24, 2.45) is 5.41 Å². The summed E-state index contributed by atoms with van der Waals surface area (Å²) in [4.78, 5) is 15.5. The number of nitrogens with zero attached hydrogens (tertiary/aromatic N) is 1. The third-order valence-electron chi connectivity index (χ3n) is 6.04. The van der Waals surface area contributed by atoms with E-state index in [1.807, 2.05) is 11.0 Å². The molecule has 0 N–H and O–H groups in total. The van der Waals surface area contributed by atoms with Crippen LogP contribution in [0.15, 0.2) is 24.3 Å². The largest absolute Gasteiger partial charge is 0.381 e. The van der Waals surface area contributed by atoms with Gasteiger partial charge >= 0.3 is 0 Å². The van der Waals surface area contributed by atoms with Gasteiger partial charge in [-0.1, -0.05) is 12.1 Å². The lowest BCUT2D eigenvalue weighted by molar-refractivity contribution is -0.140. The molecule has 0 radical (unpaired) electrons. The van der Waals surface area contributed by atoms with E-state index >= 15 is 0 Å². The molecule has 0 unspecified atom stereocenters. The normalized spacial score (nSPS) is 29.3. The molecule has 1 spiro atoms. The van der Waals surface area contributed by atoms with Gasteiger partial charge in [-0.05, 0) is 43.4 Å². The van der Waals surface area contributed by atoms with Crippen LogP contribution in [0.2, 0.25) is 0 Å². The highest BCUT2D eigenvalue weighted by Gasteiger charge is 2.49. The summed E-state index contributed by atoms with van der Waals surface area (Å²) < 4.78 is 24.9. The molecule has 3 aliphatic heterocycles. The van der Waals surface area contributed by atoms with Gasteiger partial charge < -0.3 is 14.4 Å². The molecule has 0 aliphatic carbocycles. The van der Waals surface area contributed by atoms with Crippen molar-refractivity contribution in [3.05, 3.63) is 35.6 Å². The van der Waals surface area contributed by atoms with E-state index in [0.717, 1.165) is 44.7 Å². The fourth-order valence-electron chi connectivity index (χ4n) is 4.51. The average Bonchev–Trinajstić information content (AvgIpc) is 3.25. The number of carbonyl (C=O) groups is 1. The van der Waals surface area contributed by atoms with Gasteiger partial charge in [0.15, 0.2) is 0 Å². The molecule has 3 saturated heterocycles. The summed E-state index contributed by atoms with van der Waals surface area (Å²) in [6.07, 6.45) is 3.28. The van der Waals surface area contributed by atoms with Crippen LogP contribution in [0.25, 0.3) is 0 Å². The minimum Gasteiger partial charge on any atom is -0.381 e. The molecule has 4 rings (SSSR count). The molecule has 0 aromatic heterocycles. The van der Waals surface area contributed by atoms with Gasteiger partial charge in [0.25, 0.3) is 0 Å². The number of halogens is 1. The maximum Gasteiger partial charge on any atom is 0.233 e. The van der Waals surface area contributed by atoms with E-state index < -0.39 is 5.41 Å². The first-order valence-corrected chi connectivity index (χ1v) is 8.85. The predicted octanol–water partition coefficient (Wildman–Crippen LogP) is 2.51. The smallest absolute Gasteiger partial charge is 0.233 e. The van der Waals surface area contributed by atoms with E-state index in [9.17, 15) is 9.18 Å². The highest BCUT2D eigenvalue weighted by molar-refractivity contribution is 5.88. The van der Waals surface area contributed by atoms with E-state index in [4.69, 9.17) is 9.47 Å². The lowest BCUT2D eigenvalue weighted by Crippen LogP contribution is -2.49. The molecule has 3 aliphatic rings. The minimum absolute atomic E-state index is 0.139. The standard InChI is InChI=1S/C19H24FNO3/c20-16-3-1-2-15(12-16)19(6-10-23-11-7-19)17(22)21-8-4-18(13-21)5-9-24-14-18/h1-3,12H,4-11,13-14H2/t18-/m0/s1. The molecule has 1 amide bonds. The monoisotopic (exact) mass is 333 g/mol. The van der Waals surface area contributed by atoms with Gasteiger partial charge in [0.1, 0.15) is 5.82 Å². The summed E-state index contributed by atoms with van der Waals surface area (Å²) in [7, 11) is 0. The first-order valence-electron chi connectivity index (χ1n) is 8.85. The van der Waals surface area contributed by atoms with Gasteiger partial charge in [0.05, 0.1) is 12.0 Å². The molecule has 1 aromatic rings. The number of hydrogen-bond donors (Lipinski definition) is 0. The Morgan fingerprint density at radius 1 is 1.08 bits per heavy atom. The van der Waals surface area contributed by atoms with Crippen LogP contribution in [-0.2, 0) is 19.7 Å². The van der Waals surface area contributed by atoms with Crippen LogP contribution in [0.3, 0.4) is 0 Å². The topological polar surface area (TPSA) is 38.8 Å². The van der Waals surface area contributed by atoms with Crippen LogP contribution in [0.5, 0.6) is 0 Å². The molecular weight excluding hydrogens is 309 g/mol. The summed E-state index contributed by atoms with van der Waals surface area (Å²) in [5.41, 5.74) is 0.286. The third-order valence-corrected chi connectivity index (χ3v) is 6.04. The number of hydrogen-bond acceptors (Lipinski definition) is 3. The molecule has 3 fully saturated rings. The molecule has 3 heterocycles. The molecule has 1 atom stereocenters. The van der Waals surface area contributed by atoms with Gasteiger partial charge in [-0.3, -0.25) is 4.79 Å². The van der Waals surface area contributed by atoms with E-state index in [0.29, 0.717) is 26.1 Å². The SMILES string of the molecule is O=C(N1CC[C@]2(CCOC2)C1)C1(c2cccc(F)c2)CCOCC1. The van der Waals surface area contributed by atoms with Gasteiger partial charge in [-0.25, -0.2) is 4.39 Å². The highest BCUT2D eigenvalue weighted by Crippen LogP contribution is 2.42. The van der Waals surface area contributed by atoms with Crippen molar-refractivity contribution in [2.75, 3.05) is 39.5 Å². The Hall–Kier alpha value is -1.46. The van der Waals surface area contributed by atoms with Crippen LogP contribution in [0.1, 0.15) is 31.2 Å². The predicted molar refractivity (Wildman–Crippen MR) is 87.2 cm³/mol. The van der Waals surface area contributed by atoms with Crippen LogP contribution in [-0.4, -0.2) is 50.3 Å². The zero-order valence-electron chi connectivity index (χ0n) is 13.9. The Bertz CT molecular complexity index is 621. The zero-order chi connectivity index (χ0) is 16.6. The van der Waals surface area contributed by atoms with Crippen molar-refractivity contribution < 1.29 is 18.7 Å².